The van der Waals surface area contributed by atoms with Gasteiger partial charge in [0.2, 0.25) is 0 Å². The maximum absolute atomic E-state index is 13.3. The summed E-state index contributed by atoms with van der Waals surface area (Å²) in [7, 11) is 1.48. The summed E-state index contributed by atoms with van der Waals surface area (Å²) in [5, 5.41) is 23.6. The van der Waals surface area contributed by atoms with Crippen LogP contribution in [0.3, 0.4) is 0 Å². The number of halogens is 1. The van der Waals surface area contributed by atoms with Crippen molar-refractivity contribution in [3.63, 3.8) is 0 Å². The van der Waals surface area contributed by atoms with Crippen molar-refractivity contribution in [2.75, 3.05) is 12.0 Å². The van der Waals surface area contributed by atoms with Gasteiger partial charge in [0.1, 0.15) is 17.3 Å². The fourth-order valence-electron chi connectivity index (χ4n) is 4.41. The Morgan fingerprint density at radius 2 is 1.69 bits per heavy atom. The molecule has 4 aromatic rings. The Morgan fingerprint density at radius 1 is 0.914 bits per heavy atom. The molecule has 1 atom stereocenters. The monoisotopic (exact) mass is 485 g/mol. The number of Topliss-reactive ketones (excluding diaryl/α,β-unsaturated/α-hetero) is 1. The summed E-state index contributed by atoms with van der Waals surface area (Å²) in [5.74, 6) is -1.58. The number of hydrogen-bond acceptors (Lipinski definition) is 5. The van der Waals surface area contributed by atoms with Crippen molar-refractivity contribution >= 4 is 45.5 Å². The van der Waals surface area contributed by atoms with Crippen LogP contribution in [0, 0.1) is 0 Å². The van der Waals surface area contributed by atoms with Crippen molar-refractivity contribution < 1.29 is 24.5 Å². The van der Waals surface area contributed by atoms with Crippen LogP contribution in [0.1, 0.15) is 17.2 Å². The van der Waals surface area contributed by atoms with Crippen LogP contribution >= 0.6 is 11.6 Å². The molecule has 35 heavy (non-hydrogen) atoms. The van der Waals surface area contributed by atoms with Crippen molar-refractivity contribution in [2.24, 2.45) is 0 Å². The molecule has 1 amide bonds. The summed E-state index contributed by atoms with van der Waals surface area (Å²) >= 11 is 6.31. The molecule has 0 aliphatic carbocycles. The van der Waals surface area contributed by atoms with Crippen molar-refractivity contribution in [1.29, 1.82) is 0 Å². The number of aromatic hydroxyl groups is 1. The van der Waals surface area contributed by atoms with Gasteiger partial charge < -0.3 is 14.9 Å². The average Bonchev–Trinajstić information content (AvgIpc) is 3.13. The van der Waals surface area contributed by atoms with E-state index in [-0.39, 0.29) is 22.1 Å². The van der Waals surface area contributed by atoms with Gasteiger partial charge in [-0.15, -0.1) is 0 Å². The third-order valence-corrected chi connectivity index (χ3v) is 6.36. The number of rotatable bonds is 4. The van der Waals surface area contributed by atoms with Crippen LogP contribution in [0.5, 0.6) is 11.5 Å². The second kappa shape index (κ2) is 8.81. The number of phenols is 1. The SMILES string of the molecule is COc1ccc(N2C(=O)C(=O)/C(=C(\O)c3ccc4ccccc4c3)C2c2cccc(O)c2)cc1Cl. The van der Waals surface area contributed by atoms with Gasteiger partial charge >= 0.3 is 0 Å². The van der Waals surface area contributed by atoms with Gasteiger partial charge in [0.15, 0.2) is 0 Å². The molecule has 5 rings (SSSR count). The van der Waals surface area contributed by atoms with E-state index in [1.807, 2.05) is 30.3 Å². The first-order valence-electron chi connectivity index (χ1n) is 10.8. The van der Waals surface area contributed by atoms with Crippen LogP contribution < -0.4 is 9.64 Å². The van der Waals surface area contributed by atoms with E-state index in [0.29, 0.717) is 22.6 Å². The average molecular weight is 486 g/mol. The fourth-order valence-corrected chi connectivity index (χ4v) is 4.66. The molecule has 2 N–H and O–H groups in total. The number of carbonyl (C=O) groups excluding carboxylic acids is 2. The number of anilines is 1. The number of ether oxygens (including phenoxy) is 1. The predicted octanol–water partition coefficient (Wildman–Crippen LogP) is 5.83. The minimum atomic E-state index is -0.988. The van der Waals surface area contributed by atoms with Crippen LogP contribution in [0.4, 0.5) is 5.69 Å². The Morgan fingerprint density at radius 3 is 2.40 bits per heavy atom. The van der Waals surface area contributed by atoms with Crippen molar-refractivity contribution in [2.45, 2.75) is 6.04 Å². The van der Waals surface area contributed by atoms with Gasteiger partial charge in [-0.1, -0.05) is 60.1 Å². The molecule has 174 valence electrons. The number of aliphatic hydroxyl groups is 1. The Labute approximate surface area is 206 Å². The van der Waals surface area contributed by atoms with Gasteiger partial charge in [-0.05, 0) is 52.7 Å². The number of fused-ring (bicyclic) bond motifs is 1. The highest BCUT2D eigenvalue weighted by atomic mass is 35.5. The van der Waals surface area contributed by atoms with E-state index in [1.165, 1.54) is 30.2 Å². The molecule has 0 saturated carbocycles. The Hall–Kier alpha value is -4.29. The summed E-state index contributed by atoms with van der Waals surface area (Å²) in [4.78, 5) is 27.9. The number of phenolic OH excluding ortho intramolecular Hbond substituents is 1. The van der Waals surface area contributed by atoms with E-state index in [1.54, 1.807) is 36.4 Å². The number of nitrogens with zero attached hydrogens (tertiary/aromatic N) is 1. The highest BCUT2D eigenvalue weighted by Gasteiger charge is 2.47. The summed E-state index contributed by atoms with van der Waals surface area (Å²) in [6, 6.07) is 22.9. The summed E-state index contributed by atoms with van der Waals surface area (Å²) in [5.41, 5.74) is 1.13. The van der Waals surface area contributed by atoms with Crippen LogP contribution in [-0.2, 0) is 9.59 Å². The first-order valence-corrected chi connectivity index (χ1v) is 11.2. The van der Waals surface area contributed by atoms with Crippen molar-refractivity contribution in [3.05, 3.63) is 107 Å². The minimum Gasteiger partial charge on any atom is -0.508 e. The fraction of sp³-hybridized carbons (Fsp3) is 0.0714. The quantitative estimate of drug-likeness (QED) is 0.215. The molecule has 0 bridgehead atoms. The predicted molar refractivity (Wildman–Crippen MR) is 135 cm³/mol. The third kappa shape index (κ3) is 3.88. The van der Waals surface area contributed by atoms with Crippen molar-refractivity contribution in [3.8, 4) is 11.5 Å². The summed E-state index contributed by atoms with van der Waals surface area (Å²) in [6.45, 7) is 0. The summed E-state index contributed by atoms with van der Waals surface area (Å²) < 4.78 is 5.21. The lowest BCUT2D eigenvalue weighted by Gasteiger charge is -2.26. The van der Waals surface area contributed by atoms with Gasteiger partial charge in [-0.3, -0.25) is 14.5 Å². The molecule has 1 fully saturated rings. The molecule has 7 heteroatoms. The lowest BCUT2D eigenvalue weighted by Crippen LogP contribution is -2.29. The van der Waals surface area contributed by atoms with Crippen LogP contribution in [0.15, 0.2) is 90.5 Å². The van der Waals surface area contributed by atoms with E-state index in [2.05, 4.69) is 0 Å². The molecule has 0 spiro atoms. The van der Waals surface area contributed by atoms with E-state index < -0.39 is 17.7 Å². The number of benzene rings is 4. The number of methoxy groups -OCH3 is 1. The molecule has 4 aromatic carbocycles. The normalized spacial score (nSPS) is 17.2. The Balaban J connectivity index is 1.73. The minimum absolute atomic E-state index is 0.0356. The molecular formula is C28H20ClNO5. The van der Waals surface area contributed by atoms with Crippen LogP contribution in [-0.4, -0.2) is 29.0 Å². The first-order chi connectivity index (χ1) is 16.9. The molecular weight excluding hydrogens is 466 g/mol. The van der Waals surface area contributed by atoms with Gasteiger partial charge in [0.25, 0.3) is 11.7 Å². The largest absolute Gasteiger partial charge is 0.508 e. The van der Waals surface area contributed by atoms with Crippen LogP contribution in [0.2, 0.25) is 5.02 Å². The van der Waals surface area contributed by atoms with Crippen LogP contribution in [0.25, 0.3) is 16.5 Å². The van der Waals surface area contributed by atoms with E-state index in [9.17, 15) is 19.8 Å². The zero-order valence-corrected chi connectivity index (χ0v) is 19.4. The highest BCUT2D eigenvalue weighted by molar-refractivity contribution is 6.52. The molecule has 0 radical (unpaired) electrons. The molecule has 1 aliphatic rings. The van der Waals surface area contributed by atoms with Gasteiger partial charge in [-0.2, -0.15) is 0 Å². The maximum atomic E-state index is 13.3. The number of amides is 1. The lowest BCUT2D eigenvalue weighted by atomic mass is 9.94. The van der Waals surface area contributed by atoms with E-state index >= 15 is 0 Å². The summed E-state index contributed by atoms with van der Waals surface area (Å²) in [6.07, 6.45) is 0. The molecule has 1 unspecified atom stereocenters. The lowest BCUT2D eigenvalue weighted by molar-refractivity contribution is -0.132. The van der Waals surface area contributed by atoms with Gasteiger partial charge in [-0.25, -0.2) is 0 Å². The standard InChI is InChI=1S/C28H20ClNO5/c1-35-23-12-11-20(15-22(23)29)30-25(18-7-4-8-21(31)14-18)24(27(33)28(30)34)26(32)19-10-9-16-5-2-3-6-17(16)13-19/h2-15,25,31-32H,1H3/b26-24-. The second-order valence-electron chi connectivity index (χ2n) is 8.14. The maximum Gasteiger partial charge on any atom is 0.300 e. The smallest absolute Gasteiger partial charge is 0.300 e. The highest BCUT2D eigenvalue weighted by Crippen LogP contribution is 2.44. The number of ketones is 1. The zero-order chi connectivity index (χ0) is 24.7. The van der Waals surface area contributed by atoms with Crippen molar-refractivity contribution in [1.82, 2.24) is 0 Å². The third-order valence-electron chi connectivity index (χ3n) is 6.07. The number of hydrogen-bond donors (Lipinski definition) is 2. The van der Waals surface area contributed by atoms with Gasteiger partial charge in [0.05, 0.1) is 23.7 Å². The Kier molecular flexibility index (Phi) is 5.67. The molecule has 6 nitrogen and oxygen atoms in total. The molecule has 1 saturated heterocycles. The molecule has 1 heterocycles. The second-order valence-corrected chi connectivity index (χ2v) is 8.55. The molecule has 0 aromatic heterocycles. The first kappa shape index (κ1) is 22.5. The number of carbonyl (C=O) groups is 2. The topological polar surface area (TPSA) is 87.1 Å². The molecule has 1 aliphatic heterocycles. The van der Waals surface area contributed by atoms with Gasteiger partial charge in [0, 0.05) is 11.3 Å². The van der Waals surface area contributed by atoms with E-state index in [4.69, 9.17) is 16.3 Å². The number of aliphatic hydroxyl groups excluding tert-OH is 1. The van der Waals surface area contributed by atoms with E-state index in [0.717, 1.165) is 10.8 Å². The Bertz CT molecular complexity index is 1530. The zero-order valence-electron chi connectivity index (χ0n) is 18.6.